The standard InChI is InChI=1S/C17H33NO/c1-3-6-15-8-11-16(13-18,12-9-15)17(19)10-5-4-7-14(17)2/h14-15,19H,3-13,18H2,1-2H3. The Morgan fingerprint density at radius 1 is 1.11 bits per heavy atom. The zero-order valence-electron chi connectivity index (χ0n) is 13.0. The van der Waals surface area contributed by atoms with Crippen LogP contribution in [-0.4, -0.2) is 17.3 Å². The van der Waals surface area contributed by atoms with Gasteiger partial charge in [0.2, 0.25) is 0 Å². The van der Waals surface area contributed by atoms with Crippen LogP contribution in [0.2, 0.25) is 0 Å². The normalized spacial score (nSPS) is 44.2. The lowest BCUT2D eigenvalue weighted by Gasteiger charge is -2.55. The van der Waals surface area contributed by atoms with E-state index >= 15 is 0 Å². The van der Waals surface area contributed by atoms with Crippen molar-refractivity contribution < 1.29 is 5.11 Å². The van der Waals surface area contributed by atoms with Crippen molar-refractivity contribution in [2.45, 2.75) is 83.7 Å². The van der Waals surface area contributed by atoms with Crippen molar-refractivity contribution in [1.82, 2.24) is 0 Å². The molecule has 0 aromatic rings. The van der Waals surface area contributed by atoms with Gasteiger partial charge in [0.15, 0.2) is 0 Å². The summed E-state index contributed by atoms with van der Waals surface area (Å²) in [7, 11) is 0. The summed E-state index contributed by atoms with van der Waals surface area (Å²) in [6, 6.07) is 0. The van der Waals surface area contributed by atoms with E-state index in [2.05, 4.69) is 13.8 Å². The molecule has 0 spiro atoms. The largest absolute Gasteiger partial charge is 0.389 e. The van der Waals surface area contributed by atoms with Crippen LogP contribution < -0.4 is 5.73 Å². The van der Waals surface area contributed by atoms with Crippen LogP contribution in [0.5, 0.6) is 0 Å². The van der Waals surface area contributed by atoms with Gasteiger partial charge >= 0.3 is 0 Å². The first-order chi connectivity index (χ1) is 9.08. The number of rotatable bonds is 4. The van der Waals surface area contributed by atoms with Gasteiger partial charge in [-0.25, -0.2) is 0 Å². The Morgan fingerprint density at radius 3 is 2.32 bits per heavy atom. The minimum Gasteiger partial charge on any atom is -0.389 e. The highest BCUT2D eigenvalue weighted by Gasteiger charge is 2.53. The van der Waals surface area contributed by atoms with Gasteiger partial charge in [0.1, 0.15) is 0 Å². The molecule has 0 aromatic carbocycles. The van der Waals surface area contributed by atoms with E-state index in [9.17, 15) is 5.11 Å². The minimum absolute atomic E-state index is 0.0110. The van der Waals surface area contributed by atoms with E-state index in [-0.39, 0.29) is 5.41 Å². The highest BCUT2D eigenvalue weighted by molar-refractivity contribution is 5.05. The van der Waals surface area contributed by atoms with Crippen molar-refractivity contribution in [3.05, 3.63) is 0 Å². The quantitative estimate of drug-likeness (QED) is 0.812. The molecule has 0 amide bonds. The van der Waals surface area contributed by atoms with Crippen LogP contribution in [-0.2, 0) is 0 Å². The van der Waals surface area contributed by atoms with E-state index in [1.807, 2.05) is 0 Å². The topological polar surface area (TPSA) is 46.2 Å². The van der Waals surface area contributed by atoms with Gasteiger partial charge < -0.3 is 10.8 Å². The maximum absolute atomic E-state index is 11.4. The summed E-state index contributed by atoms with van der Waals surface area (Å²) in [5, 5.41) is 11.4. The average molecular weight is 267 g/mol. The zero-order valence-corrected chi connectivity index (χ0v) is 13.0. The van der Waals surface area contributed by atoms with Gasteiger partial charge in [-0.2, -0.15) is 0 Å². The summed E-state index contributed by atoms with van der Waals surface area (Å²) in [4.78, 5) is 0. The molecule has 2 nitrogen and oxygen atoms in total. The smallest absolute Gasteiger partial charge is 0.0741 e. The third-order valence-electron chi connectivity index (χ3n) is 6.33. The van der Waals surface area contributed by atoms with E-state index in [0.717, 1.165) is 25.2 Å². The second-order valence-electron chi connectivity index (χ2n) is 7.29. The molecule has 2 aliphatic carbocycles. The molecule has 0 aliphatic heterocycles. The molecule has 112 valence electrons. The highest BCUT2D eigenvalue weighted by Crippen LogP contribution is 2.53. The van der Waals surface area contributed by atoms with Crippen LogP contribution in [0, 0.1) is 17.3 Å². The molecular weight excluding hydrogens is 234 g/mol. The van der Waals surface area contributed by atoms with Crippen molar-refractivity contribution in [1.29, 1.82) is 0 Å². The number of nitrogens with two attached hydrogens (primary N) is 1. The van der Waals surface area contributed by atoms with Gasteiger partial charge in [-0.15, -0.1) is 0 Å². The predicted octanol–water partition coefficient (Wildman–Crippen LogP) is 3.86. The maximum Gasteiger partial charge on any atom is 0.0741 e. The molecule has 0 aromatic heterocycles. The van der Waals surface area contributed by atoms with E-state index in [0.29, 0.717) is 12.5 Å². The van der Waals surface area contributed by atoms with Gasteiger partial charge in [0.25, 0.3) is 0 Å². The third-order valence-corrected chi connectivity index (χ3v) is 6.33. The lowest BCUT2D eigenvalue weighted by molar-refractivity contribution is -0.157. The van der Waals surface area contributed by atoms with Gasteiger partial charge in [0, 0.05) is 12.0 Å². The molecule has 2 aliphatic rings. The third kappa shape index (κ3) is 2.71. The molecule has 2 fully saturated rings. The summed E-state index contributed by atoms with van der Waals surface area (Å²) in [5.41, 5.74) is 5.70. The van der Waals surface area contributed by atoms with E-state index < -0.39 is 5.60 Å². The van der Waals surface area contributed by atoms with Crippen LogP contribution in [0.3, 0.4) is 0 Å². The first-order valence-corrected chi connectivity index (χ1v) is 8.50. The molecule has 0 saturated heterocycles. The second kappa shape index (κ2) is 6.13. The molecule has 19 heavy (non-hydrogen) atoms. The number of aliphatic hydroxyl groups is 1. The molecule has 2 rings (SSSR count). The van der Waals surface area contributed by atoms with Crippen molar-refractivity contribution in [3.8, 4) is 0 Å². The highest BCUT2D eigenvalue weighted by atomic mass is 16.3. The van der Waals surface area contributed by atoms with Crippen LogP contribution in [0.15, 0.2) is 0 Å². The lowest BCUT2D eigenvalue weighted by atomic mass is 9.54. The molecule has 2 atom stereocenters. The van der Waals surface area contributed by atoms with Crippen molar-refractivity contribution in [3.63, 3.8) is 0 Å². The summed E-state index contributed by atoms with van der Waals surface area (Å²) in [5.74, 6) is 1.31. The molecule has 0 radical (unpaired) electrons. The molecule has 0 bridgehead atoms. The monoisotopic (exact) mass is 267 g/mol. The number of hydrogen-bond acceptors (Lipinski definition) is 2. The molecule has 3 N–H and O–H groups in total. The second-order valence-corrected chi connectivity index (χ2v) is 7.29. The molecule has 2 heteroatoms. The summed E-state index contributed by atoms with van der Waals surface area (Å²) in [6.45, 7) is 5.20. The molecule has 2 saturated carbocycles. The van der Waals surface area contributed by atoms with Crippen LogP contribution >= 0.6 is 0 Å². The van der Waals surface area contributed by atoms with Crippen LogP contribution in [0.4, 0.5) is 0 Å². The van der Waals surface area contributed by atoms with E-state index in [1.54, 1.807) is 0 Å². The first-order valence-electron chi connectivity index (χ1n) is 8.50. The Labute approximate surface area is 119 Å². The Bertz CT molecular complexity index is 283. The summed E-state index contributed by atoms with van der Waals surface area (Å²) < 4.78 is 0. The van der Waals surface area contributed by atoms with Gasteiger partial charge in [-0.1, -0.05) is 39.5 Å². The first kappa shape index (κ1) is 15.3. The Kier molecular flexibility index (Phi) is 4.94. The Hall–Kier alpha value is -0.0800. The van der Waals surface area contributed by atoms with Crippen molar-refractivity contribution in [2.24, 2.45) is 23.0 Å². The van der Waals surface area contributed by atoms with Gasteiger partial charge in [0.05, 0.1) is 5.60 Å². The van der Waals surface area contributed by atoms with Crippen LogP contribution in [0.1, 0.15) is 78.1 Å². The van der Waals surface area contributed by atoms with E-state index in [1.165, 1.54) is 44.9 Å². The van der Waals surface area contributed by atoms with Gasteiger partial charge in [-0.05, 0) is 50.4 Å². The molecule has 2 unspecified atom stereocenters. The van der Waals surface area contributed by atoms with Gasteiger partial charge in [-0.3, -0.25) is 0 Å². The predicted molar refractivity (Wildman–Crippen MR) is 80.9 cm³/mol. The van der Waals surface area contributed by atoms with Crippen molar-refractivity contribution >= 4 is 0 Å². The maximum atomic E-state index is 11.4. The summed E-state index contributed by atoms with van der Waals surface area (Å²) >= 11 is 0. The fourth-order valence-corrected chi connectivity index (χ4v) is 4.86. The Balaban J connectivity index is 2.10. The average Bonchev–Trinajstić information content (AvgIpc) is 2.43. The van der Waals surface area contributed by atoms with E-state index in [4.69, 9.17) is 5.73 Å². The SMILES string of the molecule is CCCC1CCC(CN)(C2(O)CCCCC2C)CC1. The fraction of sp³-hybridized carbons (Fsp3) is 1.00. The molecular formula is C17H33NO. The summed E-state index contributed by atoms with van der Waals surface area (Å²) in [6.07, 6.45) is 12.1. The fourth-order valence-electron chi connectivity index (χ4n) is 4.86. The zero-order chi connectivity index (χ0) is 13.9. The lowest BCUT2D eigenvalue weighted by Crippen LogP contribution is -2.58. The van der Waals surface area contributed by atoms with Crippen molar-refractivity contribution in [2.75, 3.05) is 6.54 Å². The Morgan fingerprint density at radius 2 is 1.79 bits per heavy atom. The number of hydrogen-bond donors (Lipinski definition) is 2. The molecule has 0 heterocycles. The van der Waals surface area contributed by atoms with Crippen LogP contribution in [0.25, 0.3) is 0 Å². The minimum atomic E-state index is -0.489.